The van der Waals surface area contributed by atoms with Crippen molar-refractivity contribution >= 4 is 17.5 Å². The number of alkyl halides is 1. The van der Waals surface area contributed by atoms with Crippen LogP contribution in [-0.4, -0.2) is 29.8 Å². The normalized spacial score (nSPS) is 16.6. The van der Waals surface area contributed by atoms with E-state index in [2.05, 4.69) is 12.1 Å². The molecule has 0 fully saturated rings. The molecule has 1 aliphatic carbocycles. The van der Waals surface area contributed by atoms with Gasteiger partial charge in [-0.1, -0.05) is 24.3 Å². The number of halogens is 1. The smallest absolute Gasteiger partial charge is 0.226 e. The number of hydrogen-bond donors (Lipinski definition) is 0. The lowest BCUT2D eigenvalue weighted by atomic mass is 10.0. The number of hydrogen-bond acceptors (Lipinski definition) is 1. The van der Waals surface area contributed by atoms with Gasteiger partial charge in [-0.15, -0.1) is 11.6 Å². The molecule has 3 heteroatoms. The van der Waals surface area contributed by atoms with E-state index < -0.39 is 0 Å². The summed E-state index contributed by atoms with van der Waals surface area (Å²) in [5.74, 6) is 0.805. The molecular weight excluding hydrogens is 234 g/mol. The second-order valence-electron chi connectivity index (χ2n) is 4.83. The van der Waals surface area contributed by atoms with E-state index >= 15 is 0 Å². The van der Waals surface area contributed by atoms with Gasteiger partial charge in [0.1, 0.15) is 0 Å². The largest absolute Gasteiger partial charge is 0.342 e. The van der Waals surface area contributed by atoms with Crippen LogP contribution in [0.4, 0.5) is 0 Å². The van der Waals surface area contributed by atoms with E-state index in [1.165, 1.54) is 11.1 Å². The van der Waals surface area contributed by atoms with E-state index in [9.17, 15) is 4.79 Å². The summed E-state index contributed by atoms with van der Waals surface area (Å²) in [6.07, 6.45) is 1.74. The van der Waals surface area contributed by atoms with Gasteiger partial charge < -0.3 is 4.90 Å². The molecule has 1 aromatic carbocycles. The zero-order valence-electron chi connectivity index (χ0n) is 10.3. The van der Waals surface area contributed by atoms with Gasteiger partial charge in [0, 0.05) is 24.9 Å². The van der Waals surface area contributed by atoms with E-state index in [0.717, 1.165) is 12.8 Å². The predicted octanol–water partition coefficient (Wildman–Crippen LogP) is 2.49. The van der Waals surface area contributed by atoms with Crippen LogP contribution in [-0.2, 0) is 17.6 Å². The Labute approximate surface area is 108 Å². The van der Waals surface area contributed by atoms with Crippen LogP contribution in [0, 0.1) is 5.92 Å². The minimum absolute atomic E-state index is 0.100. The summed E-state index contributed by atoms with van der Waals surface area (Å²) in [5, 5.41) is 0. The van der Waals surface area contributed by atoms with Crippen LogP contribution in [0.2, 0.25) is 0 Å². The highest BCUT2D eigenvalue weighted by atomic mass is 35.5. The molecule has 92 valence electrons. The van der Waals surface area contributed by atoms with Crippen molar-refractivity contribution in [1.82, 2.24) is 4.90 Å². The molecule has 0 aromatic heterocycles. The van der Waals surface area contributed by atoms with Crippen LogP contribution in [0.5, 0.6) is 0 Å². The number of benzene rings is 1. The first-order chi connectivity index (χ1) is 8.13. The molecule has 0 bridgehead atoms. The first kappa shape index (κ1) is 12.4. The fourth-order valence-electron chi connectivity index (χ4n) is 2.34. The highest BCUT2D eigenvalue weighted by Gasteiger charge is 2.30. The maximum atomic E-state index is 12.3. The minimum atomic E-state index is 0.100. The lowest BCUT2D eigenvalue weighted by Crippen LogP contribution is -2.40. The zero-order valence-corrected chi connectivity index (χ0v) is 11.1. The van der Waals surface area contributed by atoms with Crippen molar-refractivity contribution in [1.29, 1.82) is 0 Å². The van der Waals surface area contributed by atoms with E-state index in [0.29, 0.717) is 5.88 Å². The van der Waals surface area contributed by atoms with Gasteiger partial charge in [0.15, 0.2) is 0 Å². The fraction of sp³-hybridized carbons (Fsp3) is 0.500. The van der Waals surface area contributed by atoms with Crippen molar-refractivity contribution in [2.24, 2.45) is 5.92 Å². The number of fused-ring (bicyclic) bond motifs is 1. The maximum absolute atomic E-state index is 12.3. The Bertz CT molecular complexity index is 393. The maximum Gasteiger partial charge on any atom is 0.226 e. The molecule has 2 nitrogen and oxygen atoms in total. The van der Waals surface area contributed by atoms with Gasteiger partial charge in [-0.2, -0.15) is 0 Å². The van der Waals surface area contributed by atoms with Gasteiger partial charge in [-0.05, 0) is 30.9 Å². The lowest BCUT2D eigenvalue weighted by Gasteiger charge is -2.26. The zero-order chi connectivity index (χ0) is 12.4. The molecule has 0 spiro atoms. The monoisotopic (exact) mass is 251 g/mol. The average Bonchev–Trinajstić information content (AvgIpc) is 2.79. The highest BCUT2D eigenvalue weighted by Crippen LogP contribution is 2.27. The quantitative estimate of drug-likeness (QED) is 0.756. The summed E-state index contributed by atoms with van der Waals surface area (Å²) in [4.78, 5) is 14.1. The molecule has 1 aromatic rings. The number of amides is 1. The molecule has 0 saturated carbocycles. The summed E-state index contributed by atoms with van der Waals surface area (Å²) in [5.41, 5.74) is 2.63. The van der Waals surface area contributed by atoms with Crippen LogP contribution in [0.25, 0.3) is 0 Å². The first-order valence-electron chi connectivity index (χ1n) is 6.03. The van der Waals surface area contributed by atoms with Crippen LogP contribution < -0.4 is 0 Å². The van der Waals surface area contributed by atoms with E-state index in [-0.39, 0.29) is 17.9 Å². The van der Waals surface area contributed by atoms with Crippen LogP contribution >= 0.6 is 11.6 Å². The molecule has 0 heterocycles. The third-order valence-electron chi connectivity index (χ3n) is 3.63. The Morgan fingerprint density at radius 3 is 2.41 bits per heavy atom. The summed E-state index contributed by atoms with van der Waals surface area (Å²) < 4.78 is 0. The van der Waals surface area contributed by atoms with Gasteiger partial charge >= 0.3 is 0 Å². The first-order valence-corrected chi connectivity index (χ1v) is 6.56. The third-order valence-corrected chi connectivity index (χ3v) is 4.08. The molecule has 1 aliphatic rings. The van der Waals surface area contributed by atoms with Crippen molar-refractivity contribution in [3.63, 3.8) is 0 Å². The van der Waals surface area contributed by atoms with E-state index in [1.54, 1.807) is 4.90 Å². The Hall–Kier alpha value is -1.02. The Balaban J connectivity index is 2.05. The van der Waals surface area contributed by atoms with Gasteiger partial charge in [-0.3, -0.25) is 4.79 Å². The van der Waals surface area contributed by atoms with Crippen molar-refractivity contribution in [2.45, 2.75) is 25.8 Å². The Morgan fingerprint density at radius 1 is 1.41 bits per heavy atom. The molecule has 1 atom stereocenters. The summed E-state index contributed by atoms with van der Waals surface area (Å²) >= 11 is 5.79. The second-order valence-corrected chi connectivity index (χ2v) is 5.13. The molecule has 1 amide bonds. The fourth-order valence-corrected chi connectivity index (χ4v) is 2.55. The molecule has 0 saturated heterocycles. The van der Waals surface area contributed by atoms with Crippen molar-refractivity contribution in [2.75, 3.05) is 12.9 Å². The van der Waals surface area contributed by atoms with Crippen LogP contribution in [0.1, 0.15) is 18.1 Å². The van der Waals surface area contributed by atoms with Crippen molar-refractivity contribution < 1.29 is 4.79 Å². The standard InChI is InChI=1S/C14H18ClNO/c1-10(9-15)16(2)14(17)13-7-11-5-3-4-6-12(11)8-13/h3-6,10,13H,7-9H2,1-2H3. The van der Waals surface area contributed by atoms with E-state index in [1.807, 2.05) is 26.1 Å². The van der Waals surface area contributed by atoms with Crippen molar-refractivity contribution in [3.05, 3.63) is 35.4 Å². The van der Waals surface area contributed by atoms with Crippen molar-refractivity contribution in [3.8, 4) is 0 Å². The predicted molar refractivity (Wildman–Crippen MR) is 70.3 cm³/mol. The molecule has 1 unspecified atom stereocenters. The Morgan fingerprint density at radius 2 is 1.94 bits per heavy atom. The number of carbonyl (C=O) groups excluding carboxylic acids is 1. The molecule has 17 heavy (non-hydrogen) atoms. The van der Waals surface area contributed by atoms with Gasteiger partial charge in [-0.25, -0.2) is 0 Å². The summed E-state index contributed by atoms with van der Waals surface area (Å²) in [6, 6.07) is 8.42. The van der Waals surface area contributed by atoms with E-state index in [4.69, 9.17) is 11.6 Å². The average molecular weight is 252 g/mol. The summed E-state index contributed by atoms with van der Waals surface area (Å²) in [6.45, 7) is 1.98. The molecule has 0 aliphatic heterocycles. The number of carbonyl (C=O) groups is 1. The van der Waals surface area contributed by atoms with Crippen LogP contribution in [0.3, 0.4) is 0 Å². The van der Waals surface area contributed by atoms with Gasteiger partial charge in [0.25, 0.3) is 0 Å². The highest BCUT2D eigenvalue weighted by molar-refractivity contribution is 6.18. The molecule has 0 radical (unpaired) electrons. The Kier molecular flexibility index (Phi) is 3.72. The lowest BCUT2D eigenvalue weighted by molar-refractivity contribution is -0.135. The topological polar surface area (TPSA) is 20.3 Å². The van der Waals surface area contributed by atoms with Gasteiger partial charge in [0.2, 0.25) is 5.91 Å². The minimum Gasteiger partial charge on any atom is -0.342 e. The second kappa shape index (κ2) is 5.09. The molecular formula is C14H18ClNO. The number of rotatable bonds is 3. The van der Waals surface area contributed by atoms with Gasteiger partial charge in [0.05, 0.1) is 0 Å². The number of nitrogens with zero attached hydrogens (tertiary/aromatic N) is 1. The SMILES string of the molecule is CC(CCl)N(C)C(=O)C1Cc2ccccc2C1. The van der Waals surface area contributed by atoms with Crippen LogP contribution in [0.15, 0.2) is 24.3 Å². The molecule has 0 N–H and O–H groups in total. The third kappa shape index (κ3) is 2.47. The molecule has 2 rings (SSSR count). The summed E-state index contributed by atoms with van der Waals surface area (Å²) in [7, 11) is 1.85.